The molecule has 0 fully saturated rings. The zero-order chi connectivity index (χ0) is 19.1. The van der Waals surface area contributed by atoms with Crippen LogP contribution in [0.25, 0.3) is 10.9 Å². The summed E-state index contributed by atoms with van der Waals surface area (Å²) in [6, 6.07) is 11.7. The lowest BCUT2D eigenvalue weighted by Crippen LogP contribution is -2.19. The molecule has 0 atom stereocenters. The third-order valence-electron chi connectivity index (χ3n) is 4.72. The Kier molecular flexibility index (Phi) is 3.86. The molecular formula is C20H12F2N4O. The molecule has 1 aliphatic heterocycles. The number of ketones is 1. The van der Waals surface area contributed by atoms with E-state index in [0.29, 0.717) is 30.9 Å². The quantitative estimate of drug-likeness (QED) is 0.705. The Bertz CT molecular complexity index is 1180. The molecule has 0 aliphatic carbocycles. The SMILES string of the molecule is N#Cc1c(F)c(F)c(C#N)c2c1c(C(=O)c1ccccc1)c1n2CCCN1. The second-order valence-electron chi connectivity index (χ2n) is 6.18. The fourth-order valence-corrected chi connectivity index (χ4v) is 3.57. The number of aryl methyl sites for hydroxylation is 1. The first-order valence-electron chi connectivity index (χ1n) is 8.31. The molecule has 0 saturated heterocycles. The molecule has 2 aromatic carbocycles. The lowest BCUT2D eigenvalue weighted by molar-refractivity contribution is 0.104. The summed E-state index contributed by atoms with van der Waals surface area (Å²) < 4.78 is 30.5. The second kappa shape index (κ2) is 6.22. The first-order chi connectivity index (χ1) is 13.1. The Morgan fingerprint density at radius 1 is 1.07 bits per heavy atom. The number of anilines is 1. The highest BCUT2D eigenvalue weighted by molar-refractivity contribution is 6.22. The van der Waals surface area contributed by atoms with Gasteiger partial charge in [0.2, 0.25) is 0 Å². The van der Waals surface area contributed by atoms with E-state index in [1.807, 2.05) is 0 Å². The van der Waals surface area contributed by atoms with E-state index in [4.69, 9.17) is 0 Å². The molecule has 0 spiro atoms. The van der Waals surface area contributed by atoms with Gasteiger partial charge in [-0.1, -0.05) is 30.3 Å². The number of hydrogen-bond acceptors (Lipinski definition) is 4. The smallest absolute Gasteiger partial charge is 0.197 e. The molecule has 0 saturated carbocycles. The lowest BCUT2D eigenvalue weighted by Gasteiger charge is -2.19. The Labute approximate surface area is 153 Å². The third-order valence-corrected chi connectivity index (χ3v) is 4.72. The van der Waals surface area contributed by atoms with Crippen molar-refractivity contribution < 1.29 is 13.6 Å². The van der Waals surface area contributed by atoms with E-state index >= 15 is 0 Å². The van der Waals surface area contributed by atoms with Gasteiger partial charge in [-0.2, -0.15) is 10.5 Å². The Balaban J connectivity index is 2.20. The van der Waals surface area contributed by atoms with Crippen LogP contribution < -0.4 is 5.32 Å². The number of fused-ring (bicyclic) bond motifs is 3. The molecule has 0 radical (unpaired) electrons. The summed E-state index contributed by atoms with van der Waals surface area (Å²) in [5.74, 6) is -2.82. The average molecular weight is 362 g/mol. The fraction of sp³-hybridized carbons (Fsp3) is 0.150. The van der Waals surface area contributed by atoms with Crippen LogP contribution in [0.3, 0.4) is 0 Å². The van der Waals surface area contributed by atoms with Gasteiger partial charge in [0, 0.05) is 24.0 Å². The molecule has 27 heavy (non-hydrogen) atoms. The maximum Gasteiger partial charge on any atom is 0.197 e. The first-order valence-corrected chi connectivity index (χ1v) is 8.31. The Morgan fingerprint density at radius 2 is 1.74 bits per heavy atom. The zero-order valence-electron chi connectivity index (χ0n) is 14.0. The number of nitriles is 2. The number of rotatable bonds is 2. The van der Waals surface area contributed by atoms with Crippen LogP contribution in [0.15, 0.2) is 30.3 Å². The van der Waals surface area contributed by atoms with Crippen molar-refractivity contribution in [1.29, 1.82) is 10.5 Å². The predicted molar refractivity (Wildman–Crippen MR) is 94.3 cm³/mol. The molecule has 0 amide bonds. The number of nitrogens with zero attached hydrogens (tertiary/aromatic N) is 3. The maximum absolute atomic E-state index is 14.5. The number of aromatic nitrogens is 1. The van der Waals surface area contributed by atoms with Gasteiger partial charge in [-0.05, 0) is 6.42 Å². The number of benzene rings is 2. The van der Waals surface area contributed by atoms with Gasteiger partial charge in [-0.3, -0.25) is 4.79 Å². The largest absolute Gasteiger partial charge is 0.371 e. The van der Waals surface area contributed by atoms with Gasteiger partial charge in [0.25, 0.3) is 0 Å². The van der Waals surface area contributed by atoms with Gasteiger partial charge in [0.05, 0.1) is 11.1 Å². The van der Waals surface area contributed by atoms with Crippen LogP contribution in [-0.2, 0) is 6.54 Å². The van der Waals surface area contributed by atoms with E-state index in [-0.39, 0.29) is 16.5 Å². The topological polar surface area (TPSA) is 81.6 Å². The Morgan fingerprint density at radius 3 is 2.41 bits per heavy atom. The van der Waals surface area contributed by atoms with Crippen LogP contribution in [0.4, 0.5) is 14.6 Å². The third kappa shape index (κ3) is 2.29. The van der Waals surface area contributed by atoms with Gasteiger partial charge in [0.15, 0.2) is 17.4 Å². The molecule has 1 aromatic heterocycles. The van der Waals surface area contributed by atoms with Crippen molar-refractivity contribution in [2.24, 2.45) is 0 Å². The number of carbonyl (C=O) groups is 1. The first kappa shape index (κ1) is 16.7. The molecule has 7 heteroatoms. The summed E-state index contributed by atoms with van der Waals surface area (Å²) in [5, 5.41) is 21.9. The number of hydrogen-bond donors (Lipinski definition) is 1. The van der Waals surface area contributed by atoms with E-state index in [0.717, 1.165) is 0 Å². The zero-order valence-corrected chi connectivity index (χ0v) is 14.0. The molecule has 1 N–H and O–H groups in total. The monoisotopic (exact) mass is 362 g/mol. The van der Waals surface area contributed by atoms with Gasteiger partial charge in [-0.25, -0.2) is 8.78 Å². The summed E-state index contributed by atoms with van der Waals surface area (Å²) in [5.41, 5.74) is -0.548. The van der Waals surface area contributed by atoms with E-state index in [9.17, 15) is 24.1 Å². The maximum atomic E-state index is 14.5. The van der Waals surface area contributed by atoms with Gasteiger partial charge in [0.1, 0.15) is 29.1 Å². The Hall–Kier alpha value is -3.71. The van der Waals surface area contributed by atoms with Crippen molar-refractivity contribution in [2.45, 2.75) is 13.0 Å². The van der Waals surface area contributed by atoms with E-state index < -0.39 is 28.5 Å². The highest BCUT2D eigenvalue weighted by Gasteiger charge is 2.32. The average Bonchev–Trinajstić information content (AvgIpc) is 3.04. The van der Waals surface area contributed by atoms with Crippen molar-refractivity contribution in [1.82, 2.24) is 4.57 Å². The molecule has 0 bridgehead atoms. The van der Waals surface area contributed by atoms with Crippen molar-refractivity contribution in [3.8, 4) is 12.1 Å². The molecule has 4 rings (SSSR count). The summed E-state index contributed by atoms with van der Waals surface area (Å²) in [6.45, 7) is 0.992. The van der Waals surface area contributed by atoms with Gasteiger partial charge < -0.3 is 9.88 Å². The number of carbonyl (C=O) groups excluding carboxylic acids is 1. The lowest BCUT2D eigenvalue weighted by atomic mass is 9.96. The van der Waals surface area contributed by atoms with E-state index in [1.54, 1.807) is 47.0 Å². The molecule has 2 heterocycles. The summed E-state index contributed by atoms with van der Waals surface area (Å²) >= 11 is 0. The minimum atomic E-state index is -1.41. The summed E-state index contributed by atoms with van der Waals surface area (Å²) in [6.07, 6.45) is 0.682. The van der Waals surface area contributed by atoms with Crippen LogP contribution in [0, 0.1) is 34.3 Å². The van der Waals surface area contributed by atoms with E-state index in [2.05, 4.69) is 5.32 Å². The molecule has 132 valence electrons. The van der Waals surface area contributed by atoms with Gasteiger partial charge >= 0.3 is 0 Å². The van der Waals surface area contributed by atoms with Gasteiger partial charge in [-0.15, -0.1) is 0 Å². The van der Waals surface area contributed by atoms with Crippen molar-refractivity contribution in [2.75, 3.05) is 11.9 Å². The summed E-state index contributed by atoms with van der Waals surface area (Å²) in [7, 11) is 0. The minimum Gasteiger partial charge on any atom is -0.371 e. The fourth-order valence-electron chi connectivity index (χ4n) is 3.57. The molecular weight excluding hydrogens is 350 g/mol. The van der Waals surface area contributed by atoms with Crippen LogP contribution in [0.1, 0.15) is 33.5 Å². The van der Waals surface area contributed by atoms with Crippen LogP contribution in [0.5, 0.6) is 0 Å². The molecule has 0 unspecified atom stereocenters. The second-order valence-corrected chi connectivity index (χ2v) is 6.18. The molecule has 5 nitrogen and oxygen atoms in total. The van der Waals surface area contributed by atoms with Crippen molar-refractivity contribution in [3.63, 3.8) is 0 Å². The van der Waals surface area contributed by atoms with E-state index in [1.165, 1.54) is 0 Å². The number of nitrogens with one attached hydrogen (secondary N) is 1. The van der Waals surface area contributed by atoms with Crippen molar-refractivity contribution >= 4 is 22.5 Å². The standard InChI is InChI=1S/C20H12F2N4O/c21-16-12(9-23)14-15(19(27)11-5-2-1-3-6-11)20-25-7-4-8-26(20)18(14)13(10-24)17(16)22/h1-3,5-6,25H,4,7-8H2. The normalized spacial score (nSPS) is 12.7. The summed E-state index contributed by atoms with van der Waals surface area (Å²) in [4.78, 5) is 13.2. The number of halogens is 2. The highest BCUT2D eigenvalue weighted by Crippen LogP contribution is 2.39. The molecule has 3 aromatic rings. The van der Waals surface area contributed by atoms with Crippen molar-refractivity contribution in [3.05, 3.63) is 64.2 Å². The van der Waals surface area contributed by atoms with Crippen LogP contribution in [0.2, 0.25) is 0 Å². The molecule has 1 aliphatic rings. The highest BCUT2D eigenvalue weighted by atomic mass is 19.2. The van der Waals surface area contributed by atoms with Crippen LogP contribution >= 0.6 is 0 Å². The predicted octanol–water partition coefficient (Wildman–Crippen LogP) is 3.71. The van der Waals surface area contributed by atoms with Crippen LogP contribution in [-0.4, -0.2) is 16.9 Å². The minimum absolute atomic E-state index is 0.0220.